The SMILES string of the molecule is COC1=CC(=O)[C@@]2([C@@H]1OC(=O)c1ccccc1)[C@@H](Cl)C[C@@]13C(OC)=C(OC)C(=O)C[C@@]21CCN3C(=O)c1ccccc1. The fourth-order valence-electron chi connectivity index (χ4n) is 8.04. The first kappa shape index (κ1) is 28.0. The van der Waals surface area contributed by atoms with E-state index >= 15 is 0 Å². The monoisotopic (exact) mass is 591 g/mol. The molecule has 6 rings (SSSR count). The van der Waals surface area contributed by atoms with Crippen LogP contribution in [0.5, 0.6) is 0 Å². The quantitative estimate of drug-likeness (QED) is 0.365. The number of halogens is 1. The summed E-state index contributed by atoms with van der Waals surface area (Å²) in [5.74, 6) is -1.56. The Morgan fingerprint density at radius 3 is 2.14 bits per heavy atom. The van der Waals surface area contributed by atoms with Gasteiger partial charge in [0.2, 0.25) is 11.5 Å². The molecule has 0 radical (unpaired) electrons. The molecule has 2 aromatic rings. The number of hydrogen-bond donors (Lipinski definition) is 0. The summed E-state index contributed by atoms with van der Waals surface area (Å²) in [6, 6.07) is 17.1. The molecule has 4 aliphatic rings. The molecule has 1 saturated carbocycles. The predicted molar refractivity (Wildman–Crippen MR) is 150 cm³/mol. The summed E-state index contributed by atoms with van der Waals surface area (Å²) >= 11 is 7.29. The number of Topliss-reactive ketones (excluding diaryl/α,β-unsaturated/α-hetero) is 1. The third-order valence-corrected chi connectivity index (χ3v) is 10.1. The molecule has 10 heteroatoms. The van der Waals surface area contributed by atoms with E-state index < -0.39 is 45.4 Å². The first-order valence-corrected chi connectivity index (χ1v) is 14.1. The largest absolute Gasteiger partial charge is 0.497 e. The third kappa shape index (κ3) is 3.37. The number of likely N-dealkylation sites (tertiary alicyclic amines) is 1. The molecule has 1 aliphatic heterocycles. The minimum absolute atomic E-state index is 0.0231. The van der Waals surface area contributed by atoms with E-state index in [2.05, 4.69) is 0 Å². The molecule has 2 fully saturated rings. The number of ether oxygens (including phenoxy) is 4. The van der Waals surface area contributed by atoms with Crippen molar-refractivity contribution in [2.24, 2.45) is 10.8 Å². The van der Waals surface area contributed by atoms with Crippen LogP contribution in [0.15, 0.2) is 84.0 Å². The smallest absolute Gasteiger partial charge is 0.338 e. The highest BCUT2D eigenvalue weighted by atomic mass is 35.5. The minimum Gasteiger partial charge on any atom is -0.497 e. The molecule has 1 heterocycles. The molecule has 1 amide bonds. The van der Waals surface area contributed by atoms with Crippen molar-refractivity contribution in [2.75, 3.05) is 27.9 Å². The summed E-state index contributed by atoms with van der Waals surface area (Å²) in [6.45, 7) is 0.200. The number of carbonyl (C=O) groups excluding carboxylic acids is 4. The zero-order valence-corrected chi connectivity index (χ0v) is 24.2. The molecule has 9 nitrogen and oxygen atoms in total. The van der Waals surface area contributed by atoms with Crippen LogP contribution in [0.2, 0.25) is 0 Å². The number of allylic oxidation sites excluding steroid dienone is 2. The Balaban J connectivity index is 1.58. The lowest BCUT2D eigenvalue weighted by atomic mass is 9.52. The zero-order chi connectivity index (χ0) is 29.9. The molecule has 0 unspecified atom stereocenters. The molecule has 2 aromatic carbocycles. The molecular formula is C32H30ClNO8. The van der Waals surface area contributed by atoms with E-state index in [0.29, 0.717) is 5.56 Å². The number of alkyl halides is 1. The van der Waals surface area contributed by atoms with Crippen molar-refractivity contribution in [3.63, 3.8) is 0 Å². The van der Waals surface area contributed by atoms with Crippen LogP contribution in [0, 0.1) is 10.8 Å². The van der Waals surface area contributed by atoms with Gasteiger partial charge in [0.25, 0.3) is 5.91 Å². The topological polar surface area (TPSA) is 108 Å². The van der Waals surface area contributed by atoms with Crippen LogP contribution in [0.25, 0.3) is 0 Å². The molecule has 0 bridgehead atoms. The molecule has 42 heavy (non-hydrogen) atoms. The molecule has 0 aromatic heterocycles. The van der Waals surface area contributed by atoms with Crippen molar-refractivity contribution in [2.45, 2.75) is 36.3 Å². The maximum Gasteiger partial charge on any atom is 0.338 e. The number of esters is 1. The number of methoxy groups -OCH3 is 3. The Morgan fingerprint density at radius 2 is 1.55 bits per heavy atom. The van der Waals surface area contributed by atoms with Crippen molar-refractivity contribution in [3.8, 4) is 0 Å². The predicted octanol–water partition coefficient (Wildman–Crippen LogP) is 4.07. The maximum absolute atomic E-state index is 14.4. The summed E-state index contributed by atoms with van der Waals surface area (Å²) in [5, 5.41) is -0.983. The van der Waals surface area contributed by atoms with Gasteiger partial charge in [-0.1, -0.05) is 36.4 Å². The van der Waals surface area contributed by atoms with E-state index in [1.165, 1.54) is 27.4 Å². The summed E-state index contributed by atoms with van der Waals surface area (Å²) in [4.78, 5) is 57.5. The van der Waals surface area contributed by atoms with Crippen LogP contribution in [0.4, 0.5) is 0 Å². The van der Waals surface area contributed by atoms with Gasteiger partial charge in [-0.2, -0.15) is 0 Å². The lowest BCUT2D eigenvalue weighted by Gasteiger charge is -2.53. The van der Waals surface area contributed by atoms with Crippen molar-refractivity contribution in [1.29, 1.82) is 0 Å². The van der Waals surface area contributed by atoms with Crippen LogP contribution >= 0.6 is 11.6 Å². The lowest BCUT2D eigenvalue weighted by molar-refractivity contribution is -0.148. The van der Waals surface area contributed by atoms with Gasteiger partial charge < -0.3 is 23.8 Å². The first-order chi connectivity index (χ1) is 20.2. The van der Waals surface area contributed by atoms with Gasteiger partial charge in [0.15, 0.2) is 17.6 Å². The minimum atomic E-state index is -1.64. The number of carbonyl (C=O) groups is 4. The Labute approximate surface area is 248 Å². The summed E-state index contributed by atoms with van der Waals surface area (Å²) in [5.41, 5.74) is -3.60. The average molecular weight is 592 g/mol. The third-order valence-electron chi connectivity index (χ3n) is 9.57. The van der Waals surface area contributed by atoms with Crippen LogP contribution in [-0.2, 0) is 28.5 Å². The van der Waals surface area contributed by atoms with E-state index in [4.69, 9.17) is 30.5 Å². The average Bonchev–Trinajstić information content (AvgIpc) is 3.56. The van der Waals surface area contributed by atoms with Gasteiger partial charge in [0, 0.05) is 30.0 Å². The van der Waals surface area contributed by atoms with Crippen LogP contribution in [0.3, 0.4) is 0 Å². The number of benzene rings is 2. The van der Waals surface area contributed by atoms with Crippen molar-refractivity contribution in [3.05, 3.63) is 95.1 Å². The second-order valence-electron chi connectivity index (χ2n) is 11.0. The van der Waals surface area contributed by atoms with Crippen LogP contribution < -0.4 is 0 Å². The summed E-state index contributed by atoms with van der Waals surface area (Å²) < 4.78 is 23.3. The molecule has 5 atom stereocenters. The van der Waals surface area contributed by atoms with Gasteiger partial charge in [-0.05, 0) is 37.1 Å². The normalized spacial score (nSPS) is 31.5. The Bertz CT molecular complexity index is 1540. The number of nitrogens with zero attached hydrogens (tertiary/aromatic N) is 1. The van der Waals surface area contributed by atoms with Gasteiger partial charge in [-0.3, -0.25) is 14.4 Å². The van der Waals surface area contributed by atoms with Gasteiger partial charge in [-0.15, -0.1) is 11.6 Å². The van der Waals surface area contributed by atoms with E-state index in [9.17, 15) is 19.2 Å². The zero-order valence-electron chi connectivity index (χ0n) is 23.4. The van der Waals surface area contributed by atoms with Crippen LogP contribution in [0.1, 0.15) is 40.0 Å². The fourth-order valence-corrected chi connectivity index (χ4v) is 8.70. The van der Waals surface area contributed by atoms with Gasteiger partial charge in [-0.25, -0.2) is 4.79 Å². The van der Waals surface area contributed by atoms with E-state index in [0.717, 1.165) is 0 Å². The van der Waals surface area contributed by atoms with Crippen molar-refractivity contribution >= 4 is 35.0 Å². The number of rotatable bonds is 6. The molecule has 3 aliphatic carbocycles. The highest BCUT2D eigenvalue weighted by Crippen LogP contribution is 2.75. The molecule has 1 spiro atoms. The second-order valence-corrected chi connectivity index (χ2v) is 11.5. The Morgan fingerprint density at radius 1 is 0.905 bits per heavy atom. The molecule has 1 saturated heterocycles. The number of ketones is 2. The molecular weight excluding hydrogens is 562 g/mol. The Hall–Kier alpha value is -4.11. The number of hydrogen-bond acceptors (Lipinski definition) is 8. The fraction of sp³-hybridized carbons (Fsp3) is 0.375. The highest BCUT2D eigenvalue weighted by molar-refractivity contribution is 6.25. The lowest BCUT2D eigenvalue weighted by Crippen LogP contribution is -2.65. The van der Waals surface area contributed by atoms with Crippen LogP contribution in [-0.4, -0.2) is 73.2 Å². The second kappa shape index (κ2) is 10.0. The van der Waals surface area contributed by atoms with E-state index in [1.54, 1.807) is 59.5 Å². The molecule has 218 valence electrons. The van der Waals surface area contributed by atoms with Gasteiger partial charge in [0.05, 0.1) is 32.3 Å². The first-order valence-electron chi connectivity index (χ1n) is 13.7. The summed E-state index contributed by atoms with van der Waals surface area (Å²) in [6.07, 6.45) is 0.138. The van der Waals surface area contributed by atoms with E-state index in [-0.39, 0.29) is 54.6 Å². The van der Waals surface area contributed by atoms with Crippen molar-refractivity contribution in [1.82, 2.24) is 4.90 Å². The van der Waals surface area contributed by atoms with Gasteiger partial charge >= 0.3 is 5.97 Å². The van der Waals surface area contributed by atoms with Crippen molar-refractivity contribution < 1.29 is 38.1 Å². The highest BCUT2D eigenvalue weighted by Gasteiger charge is 2.85. The standard InChI is InChI=1S/C32H30ClNO8/c1-39-22-16-24(36)32(26(22)42-29(38)20-12-8-5-9-13-20)23(33)18-31-27(41-3)25(40-2)21(35)17-30(31,32)14-15-34(31)28(37)19-10-6-4-7-11-19/h4-13,16,23,26H,14-15,17-18H2,1-3H3/t23-,26+,30+,31+,32+/m0/s1. The van der Waals surface area contributed by atoms with E-state index in [1.807, 2.05) is 6.07 Å². The maximum atomic E-state index is 14.4. The molecule has 0 N–H and O–H groups in total. The number of amides is 1. The van der Waals surface area contributed by atoms with Gasteiger partial charge in [0.1, 0.15) is 16.7 Å². The Kier molecular flexibility index (Phi) is 6.68. The summed E-state index contributed by atoms with van der Waals surface area (Å²) in [7, 11) is 4.17.